The van der Waals surface area contributed by atoms with Crippen LogP contribution in [0.25, 0.3) is 0 Å². The van der Waals surface area contributed by atoms with Gasteiger partial charge in [-0.05, 0) is 41.9 Å². The third kappa shape index (κ3) is 4.90. The zero-order valence-electron chi connectivity index (χ0n) is 17.3. The number of hydrogen-bond donors (Lipinski definition) is 0. The smallest absolute Gasteiger partial charge is 0.172 e. The van der Waals surface area contributed by atoms with E-state index in [0.29, 0.717) is 23.7 Å². The van der Waals surface area contributed by atoms with Gasteiger partial charge < -0.3 is 0 Å². The fourth-order valence-corrected chi connectivity index (χ4v) is 3.27. The number of rotatable bonds is 6. The Morgan fingerprint density at radius 2 is 1.36 bits per heavy atom. The number of aromatic nitrogens is 2. The molecule has 2 rings (SSSR count). The molecule has 0 saturated heterocycles. The van der Waals surface area contributed by atoms with E-state index in [0.717, 1.165) is 12.2 Å². The Balaban J connectivity index is 2.31. The van der Waals surface area contributed by atoms with Crippen LogP contribution < -0.4 is 4.57 Å². The second-order valence-corrected chi connectivity index (χ2v) is 8.41. The molecule has 0 spiro atoms. The first-order valence-electron chi connectivity index (χ1n) is 9.69. The molecule has 0 N–H and O–H groups in total. The lowest BCUT2D eigenvalue weighted by Gasteiger charge is -2.15. The molecule has 1 unspecified atom stereocenters. The monoisotopic (exact) mass is 339 g/mol. The van der Waals surface area contributed by atoms with Gasteiger partial charge in [0.15, 0.2) is 18.9 Å². The molecule has 2 heterocycles. The molecule has 1 atom stereocenters. The summed E-state index contributed by atoms with van der Waals surface area (Å²) in [5.41, 5.74) is 6.70. The van der Waals surface area contributed by atoms with Gasteiger partial charge >= 0.3 is 0 Å². The summed E-state index contributed by atoms with van der Waals surface area (Å²) in [5.74, 6) is 2.06. The molecule has 0 saturated carbocycles. The molecule has 2 aromatic heterocycles. The van der Waals surface area contributed by atoms with Crippen LogP contribution in [0.1, 0.15) is 100 Å². The molecule has 136 valence electrons. The van der Waals surface area contributed by atoms with Gasteiger partial charge in [0.2, 0.25) is 0 Å². The lowest BCUT2D eigenvalue weighted by Crippen LogP contribution is -2.37. The molecule has 0 aliphatic carbocycles. The summed E-state index contributed by atoms with van der Waals surface area (Å²) >= 11 is 0. The highest BCUT2D eigenvalue weighted by Crippen LogP contribution is 2.24. The van der Waals surface area contributed by atoms with Crippen molar-refractivity contribution in [1.29, 1.82) is 0 Å². The third-order valence-corrected chi connectivity index (χ3v) is 5.12. The van der Waals surface area contributed by atoms with Gasteiger partial charge in [-0.3, -0.25) is 4.98 Å². The lowest BCUT2D eigenvalue weighted by molar-refractivity contribution is -0.700. The molecule has 2 nitrogen and oxygen atoms in total. The predicted octanol–water partition coefficient (Wildman–Crippen LogP) is 5.85. The lowest BCUT2D eigenvalue weighted by atomic mass is 9.94. The minimum atomic E-state index is 0.443. The molecule has 0 aliphatic heterocycles. The number of aryl methyl sites for hydroxylation is 1. The van der Waals surface area contributed by atoms with E-state index in [4.69, 9.17) is 0 Å². The summed E-state index contributed by atoms with van der Waals surface area (Å²) in [6, 6.07) is 4.72. The van der Waals surface area contributed by atoms with Crippen molar-refractivity contribution in [2.75, 3.05) is 0 Å². The molecule has 0 aromatic carbocycles. The van der Waals surface area contributed by atoms with Crippen molar-refractivity contribution in [2.45, 2.75) is 85.6 Å². The molecule has 0 amide bonds. The van der Waals surface area contributed by atoms with E-state index < -0.39 is 0 Å². The third-order valence-electron chi connectivity index (χ3n) is 5.12. The van der Waals surface area contributed by atoms with Gasteiger partial charge in [0, 0.05) is 28.9 Å². The zero-order valence-corrected chi connectivity index (χ0v) is 17.3. The maximum Gasteiger partial charge on any atom is 0.172 e. The van der Waals surface area contributed by atoms with Gasteiger partial charge in [0.25, 0.3) is 0 Å². The second-order valence-electron chi connectivity index (χ2n) is 8.41. The second kappa shape index (κ2) is 8.12. The highest BCUT2D eigenvalue weighted by atomic mass is 14.9. The largest absolute Gasteiger partial charge is 0.261 e. The summed E-state index contributed by atoms with van der Waals surface area (Å²) < 4.78 is 2.38. The average Bonchev–Trinajstić information content (AvgIpc) is 2.54. The Kier molecular flexibility index (Phi) is 6.37. The van der Waals surface area contributed by atoms with Crippen LogP contribution in [0.4, 0.5) is 0 Å². The Labute approximate surface area is 154 Å². The molecule has 2 aromatic rings. The van der Waals surface area contributed by atoms with Crippen molar-refractivity contribution in [3.8, 4) is 0 Å². The fourth-order valence-electron chi connectivity index (χ4n) is 3.27. The van der Waals surface area contributed by atoms with Crippen LogP contribution >= 0.6 is 0 Å². The van der Waals surface area contributed by atoms with Crippen molar-refractivity contribution in [2.24, 2.45) is 0 Å². The van der Waals surface area contributed by atoms with Crippen molar-refractivity contribution in [1.82, 2.24) is 4.98 Å². The number of pyridine rings is 2. The minimum Gasteiger partial charge on any atom is -0.261 e. The molecule has 0 fully saturated rings. The molecule has 0 aliphatic rings. The minimum absolute atomic E-state index is 0.443. The Hall–Kier alpha value is -1.70. The van der Waals surface area contributed by atoms with E-state index in [9.17, 15) is 0 Å². The number of hydrogen-bond acceptors (Lipinski definition) is 1. The van der Waals surface area contributed by atoms with Gasteiger partial charge in [0.1, 0.15) is 0 Å². The topological polar surface area (TPSA) is 16.8 Å². The summed E-state index contributed by atoms with van der Waals surface area (Å²) in [4.78, 5) is 4.65. The number of nitrogens with zero attached hydrogens (tertiary/aromatic N) is 2. The van der Waals surface area contributed by atoms with Crippen LogP contribution in [0, 0.1) is 6.92 Å². The standard InChI is InChI=1S/C23H35N2/c1-15(2)21-9-22(16(3)4)14-25(13-21)12-18(7)20-10-23(17(5)6)19(8)24-11-20/h9-11,13-18H,12H2,1-8H3/q+1. The van der Waals surface area contributed by atoms with Crippen LogP contribution in [0.15, 0.2) is 30.7 Å². The molecule has 0 radical (unpaired) electrons. The average molecular weight is 340 g/mol. The van der Waals surface area contributed by atoms with Crippen LogP contribution in [-0.2, 0) is 6.54 Å². The summed E-state index contributed by atoms with van der Waals surface area (Å²) in [6.45, 7) is 19.0. The van der Waals surface area contributed by atoms with Crippen LogP contribution in [0.5, 0.6) is 0 Å². The van der Waals surface area contributed by atoms with Crippen LogP contribution in [-0.4, -0.2) is 4.98 Å². The van der Waals surface area contributed by atoms with E-state index in [1.165, 1.54) is 22.3 Å². The Morgan fingerprint density at radius 3 is 1.84 bits per heavy atom. The maximum absolute atomic E-state index is 4.65. The van der Waals surface area contributed by atoms with Gasteiger partial charge in [-0.15, -0.1) is 0 Å². The first kappa shape index (κ1) is 19.6. The van der Waals surface area contributed by atoms with Crippen LogP contribution in [0.2, 0.25) is 0 Å². The van der Waals surface area contributed by atoms with Gasteiger partial charge in [-0.1, -0.05) is 54.5 Å². The van der Waals surface area contributed by atoms with E-state index in [1.807, 2.05) is 0 Å². The van der Waals surface area contributed by atoms with Crippen molar-refractivity contribution < 1.29 is 4.57 Å². The van der Waals surface area contributed by atoms with Gasteiger partial charge in [-0.2, -0.15) is 0 Å². The predicted molar refractivity (Wildman–Crippen MR) is 106 cm³/mol. The molecule has 2 heteroatoms. The van der Waals surface area contributed by atoms with E-state index in [-0.39, 0.29) is 0 Å². The van der Waals surface area contributed by atoms with Crippen LogP contribution in [0.3, 0.4) is 0 Å². The van der Waals surface area contributed by atoms with Gasteiger partial charge in [-0.25, -0.2) is 4.57 Å². The molecule has 0 bridgehead atoms. The Bertz CT molecular complexity index is 688. The summed E-state index contributed by atoms with van der Waals surface area (Å²) in [6.07, 6.45) is 6.69. The highest BCUT2D eigenvalue weighted by molar-refractivity contribution is 5.29. The summed E-state index contributed by atoms with van der Waals surface area (Å²) in [5, 5.41) is 0. The van der Waals surface area contributed by atoms with E-state index >= 15 is 0 Å². The van der Waals surface area contributed by atoms with E-state index in [1.54, 1.807) is 0 Å². The maximum atomic E-state index is 4.65. The van der Waals surface area contributed by atoms with Crippen molar-refractivity contribution in [3.63, 3.8) is 0 Å². The first-order valence-corrected chi connectivity index (χ1v) is 9.69. The van der Waals surface area contributed by atoms with Gasteiger partial charge in [0.05, 0.1) is 0 Å². The highest BCUT2D eigenvalue weighted by Gasteiger charge is 2.18. The normalized spacial score (nSPS) is 13.1. The molecular weight excluding hydrogens is 304 g/mol. The first-order chi connectivity index (χ1) is 11.7. The fraction of sp³-hybridized carbons (Fsp3) is 0.565. The van der Waals surface area contributed by atoms with Crippen molar-refractivity contribution in [3.05, 3.63) is 58.7 Å². The summed E-state index contributed by atoms with van der Waals surface area (Å²) in [7, 11) is 0. The van der Waals surface area contributed by atoms with E-state index in [2.05, 4.69) is 95.7 Å². The molecule has 25 heavy (non-hydrogen) atoms. The Morgan fingerprint density at radius 1 is 0.800 bits per heavy atom. The quantitative estimate of drug-likeness (QED) is 0.603. The molecular formula is C23H35N2+. The SMILES string of the molecule is Cc1ncc(C(C)C[n+]2cc(C(C)C)cc(C(C)C)c2)cc1C(C)C. The van der Waals surface area contributed by atoms with Crippen molar-refractivity contribution >= 4 is 0 Å². The zero-order chi connectivity index (χ0) is 18.7.